The van der Waals surface area contributed by atoms with Gasteiger partial charge in [-0.2, -0.15) is 0 Å². The van der Waals surface area contributed by atoms with E-state index >= 15 is 0 Å². The third-order valence-corrected chi connectivity index (χ3v) is 4.11. The fourth-order valence-electron chi connectivity index (χ4n) is 2.75. The lowest BCUT2D eigenvalue weighted by Gasteiger charge is -2.42. The summed E-state index contributed by atoms with van der Waals surface area (Å²) in [5, 5.41) is 10.4. The molecular formula is C17H26O7. The van der Waals surface area contributed by atoms with E-state index in [1.807, 2.05) is 24.3 Å². The summed E-state index contributed by atoms with van der Waals surface area (Å²) >= 11 is 0. The topological polar surface area (TPSA) is 75.6 Å². The largest absolute Gasteiger partial charge is 0.497 e. The van der Waals surface area contributed by atoms with E-state index in [-0.39, 0.29) is 6.61 Å². The number of rotatable bonds is 8. The van der Waals surface area contributed by atoms with Crippen LogP contribution in [0, 0.1) is 0 Å². The summed E-state index contributed by atoms with van der Waals surface area (Å²) in [6.45, 7) is 0.614. The fourth-order valence-corrected chi connectivity index (χ4v) is 2.75. The first-order chi connectivity index (χ1) is 11.6. The van der Waals surface area contributed by atoms with Gasteiger partial charge in [0, 0.05) is 21.3 Å². The molecule has 5 atom stereocenters. The van der Waals surface area contributed by atoms with Crippen LogP contribution in [0.4, 0.5) is 0 Å². The Bertz CT molecular complexity index is 478. The molecule has 1 aliphatic heterocycles. The minimum atomic E-state index is -0.873. The summed E-state index contributed by atoms with van der Waals surface area (Å²) in [4.78, 5) is 0. The number of ether oxygens (including phenoxy) is 6. The lowest BCUT2D eigenvalue weighted by molar-refractivity contribution is -0.305. The molecule has 0 spiro atoms. The van der Waals surface area contributed by atoms with Crippen LogP contribution in [0.25, 0.3) is 0 Å². The van der Waals surface area contributed by atoms with E-state index in [4.69, 9.17) is 28.4 Å². The summed E-state index contributed by atoms with van der Waals surface area (Å²) in [7, 11) is 6.20. The minimum absolute atomic E-state index is 0.212. The molecule has 0 radical (unpaired) electrons. The molecule has 2 rings (SSSR count). The predicted molar refractivity (Wildman–Crippen MR) is 85.9 cm³/mol. The third kappa shape index (κ3) is 4.44. The zero-order valence-corrected chi connectivity index (χ0v) is 14.5. The van der Waals surface area contributed by atoms with Crippen LogP contribution in [-0.2, 0) is 30.3 Å². The predicted octanol–water partition coefficient (Wildman–Crippen LogP) is 0.974. The van der Waals surface area contributed by atoms with Gasteiger partial charge in [0.2, 0.25) is 0 Å². The molecule has 1 aromatic rings. The van der Waals surface area contributed by atoms with Crippen molar-refractivity contribution in [2.24, 2.45) is 0 Å². The lowest BCUT2D eigenvalue weighted by atomic mass is 9.99. The molecule has 0 aliphatic carbocycles. The van der Waals surface area contributed by atoms with Gasteiger partial charge in [0.05, 0.1) is 20.3 Å². The maximum atomic E-state index is 10.4. The van der Waals surface area contributed by atoms with Gasteiger partial charge in [0.1, 0.15) is 30.2 Å². The number of aliphatic hydroxyl groups is 1. The van der Waals surface area contributed by atoms with Gasteiger partial charge in [0.15, 0.2) is 6.29 Å². The van der Waals surface area contributed by atoms with Crippen LogP contribution in [0.15, 0.2) is 24.3 Å². The highest BCUT2D eigenvalue weighted by molar-refractivity contribution is 5.26. The van der Waals surface area contributed by atoms with Crippen molar-refractivity contribution in [1.29, 1.82) is 0 Å². The van der Waals surface area contributed by atoms with E-state index in [9.17, 15) is 5.11 Å². The Balaban J connectivity index is 1.90. The first kappa shape index (κ1) is 19.1. The Hall–Kier alpha value is -1.22. The van der Waals surface area contributed by atoms with Crippen molar-refractivity contribution in [2.45, 2.75) is 37.3 Å². The molecule has 7 nitrogen and oxygen atoms in total. The van der Waals surface area contributed by atoms with Crippen molar-refractivity contribution < 1.29 is 33.5 Å². The van der Waals surface area contributed by atoms with Crippen LogP contribution in [0.2, 0.25) is 0 Å². The second-order valence-corrected chi connectivity index (χ2v) is 5.53. The van der Waals surface area contributed by atoms with E-state index in [0.29, 0.717) is 6.61 Å². The van der Waals surface area contributed by atoms with E-state index in [2.05, 4.69) is 0 Å². The Morgan fingerprint density at radius 3 is 2.17 bits per heavy atom. The average Bonchev–Trinajstić information content (AvgIpc) is 2.62. The van der Waals surface area contributed by atoms with E-state index in [1.54, 1.807) is 7.11 Å². The summed E-state index contributed by atoms with van der Waals surface area (Å²) in [6.07, 6.45) is -3.12. The molecule has 0 saturated carbocycles. The quantitative estimate of drug-likeness (QED) is 0.754. The molecule has 24 heavy (non-hydrogen) atoms. The van der Waals surface area contributed by atoms with Gasteiger partial charge in [-0.3, -0.25) is 0 Å². The highest BCUT2D eigenvalue weighted by atomic mass is 16.7. The second-order valence-electron chi connectivity index (χ2n) is 5.53. The number of aliphatic hydroxyl groups excluding tert-OH is 1. The Morgan fingerprint density at radius 1 is 0.958 bits per heavy atom. The van der Waals surface area contributed by atoms with E-state index in [1.165, 1.54) is 21.3 Å². The summed E-state index contributed by atoms with van der Waals surface area (Å²) in [6, 6.07) is 7.59. The van der Waals surface area contributed by atoms with Crippen molar-refractivity contribution in [1.82, 2.24) is 0 Å². The summed E-state index contributed by atoms with van der Waals surface area (Å²) < 4.78 is 32.5. The monoisotopic (exact) mass is 342 g/mol. The van der Waals surface area contributed by atoms with Gasteiger partial charge >= 0.3 is 0 Å². The first-order valence-electron chi connectivity index (χ1n) is 7.77. The second kappa shape index (κ2) is 9.31. The molecular weight excluding hydrogens is 316 g/mol. The number of benzene rings is 1. The summed E-state index contributed by atoms with van der Waals surface area (Å²) in [5.41, 5.74) is 1.00. The van der Waals surface area contributed by atoms with Crippen LogP contribution in [-0.4, -0.2) is 70.9 Å². The molecule has 1 aliphatic rings. The molecule has 7 heteroatoms. The van der Waals surface area contributed by atoms with Gasteiger partial charge in [-0.05, 0) is 17.7 Å². The maximum Gasteiger partial charge on any atom is 0.186 e. The Labute approximate surface area is 142 Å². The molecule has 0 unspecified atom stereocenters. The molecule has 136 valence electrons. The smallest absolute Gasteiger partial charge is 0.186 e. The molecule has 1 aromatic carbocycles. The standard InChI is InChI=1S/C17H26O7/c1-19-12-7-5-11(6-8-12)9-23-10-13-14(18)15(20-2)16(21-3)17(22-4)24-13/h5-8,13-18H,9-10H2,1-4H3/t13-,14-,15+,16-,17+/m1/s1. The maximum absolute atomic E-state index is 10.4. The highest BCUT2D eigenvalue weighted by Gasteiger charge is 2.46. The van der Waals surface area contributed by atoms with Crippen LogP contribution >= 0.6 is 0 Å². The normalized spacial score (nSPS) is 30.3. The number of methoxy groups -OCH3 is 4. The first-order valence-corrected chi connectivity index (χ1v) is 7.77. The number of hydrogen-bond acceptors (Lipinski definition) is 7. The van der Waals surface area contributed by atoms with Crippen molar-refractivity contribution in [3.8, 4) is 5.75 Å². The zero-order chi connectivity index (χ0) is 17.5. The van der Waals surface area contributed by atoms with Crippen molar-refractivity contribution in [2.75, 3.05) is 35.0 Å². The lowest BCUT2D eigenvalue weighted by Crippen LogP contribution is -2.60. The Kier molecular flexibility index (Phi) is 7.41. The van der Waals surface area contributed by atoms with Gasteiger partial charge in [-0.25, -0.2) is 0 Å². The Morgan fingerprint density at radius 2 is 1.62 bits per heavy atom. The SMILES string of the molecule is COc1ccc(COC[C@H]2O[C@H](OC)[C@H](OC)[C@@H](OC)[C@@H]2O)cc1. The molecule has 0 aromatic heterocycles. The zero-order valence-electron chi connectivity index (χ0n) is 14.5. The van der Waals surface area contributed by atoms with Crippen LogP contribution in [0.3, 0.4) is 0 Å². The molecule has 1 N–H and O–H groups in total. The van der Waals surface area contributed by atoms with Gasteiger partial charge in [-0.15, -0.1) is 0 Å². The van der Waals surface area contributed by atoms with Crippen molar-refractivity contribution in [3.63, 3.8) is 0 Å². The van der Waals surface area contributed by atoms with Gasteiger partial charge in [0.25, 0.3) is 0 Å². The molecule has 0 bridgehead atoms. The summed E-state index contributed by atoms with van der Waals surface area (Å²) in [5.74, 6) is 0.793. The van der Waals surface area contributed by atoms with Crippen LogP contribution < -0.4 is 4.74 Å². The molecule has 0 amide bonds. The van der Waals surface area contributed by atoms with Crippen molar-refractivity contribution in [3.05, 3.63) is 29.8 Å². The van der Waals surface area contributed by atoms with Crippen LogP contribution in [0.1, 0.15) is 5.56 Å². The van der Waals surface area contributed by atoms with Crippen LogP contribution in [0.5, 0.6) is 5.75 Å². The average molecular weight is 342 g/mol. The van der Waals surface area contributed by atoms with Gasteiger partial charge in [-0.1, -0.05) is 12.1 Å². The highest BCUT2D eigenvalue weighted by Crippen LogP contribution is 2.26. The third-order valence-electron chi connectivity index (χ3n) is 4.11. The van der Waals surface area contributed by atoms with E-state index < -0.39 is 30.7 Å². The van der Waals surface area contributed by atoms with Gasteiger partial charge < -0.3 is 33.5 Å². The van der Waals surface area contributed by atoms with E-state index in [0.717, 1.165) is 11.3 Å². The number of hydrogen-bond donors (Lipinski definition) is 1. The molecule has 1 fully saturated rings. The van der Waals surface area contributed by atoms with Crippen molar-refractivity contribution >= 4 is 0 Å². The molecule has 1 heterocycles. The minimum Gasteiger partial charge on any atom is -0.497 e. The fraction of sp³-hybridized carbons (Fsp3) is 0.647. The molecule has 1 saturated heterocycles.